The molecule has 2 rings (SSSR count). The molecule has 2 aromatic rings. The van der Waals surface area contributed by atoms with Crippen LogP contribution >= 0.6 is 0 Å². The van der Waals surface area contributed by atoms with Crippen molar-refractivity contribution in [3.05, 3.63) is 36.0 Å². The summed E-state index contributed by atoms with van der Waals surface area (Å²) in [6.07, 6.45) is -1.56. The number of pyridine rings is 1. The maximum Gasteiger partial charge on any atom is 0.422 e. The van der Waals surface area contributed by atoms with Crippen molar-refractivity contribution in [2.45, 2.75) is 19.3 Å². The summed E-state index contributed by atoms with van der Waals surface area (Å²) in [5.74, 6) is 1.16. The molecule has 0 saturated heterocycles. The van der Waals surface area contributed by atoms with Crippen LogP contribution in [0, 0.1) is 0 Å². The quantitative estimate of drug-likeness (QED) is 0.593. The zero-order chi connectivity index (χ0) is 18.3. The number of hydrogen-bond donors (Lipinski definition) is 2. The van der Waals surface area contributed by atoms with E-state index in [9.17, 15) is 13.2 Å². The number of halogens is 3. The average molecular weight is 357 g/mol. The Morgan fingerprint density at radius 2 is 2.04 bits per heavy atom. The van der Waals surface area contributed by atoms with Crippen molar-refractivity contribution in [3.8, 4) is 5.88 Å². The van der Waals surface area contributed by atoms with Crippen molar-refractivity contribution < 1.29 is 17.9 Å². The molecule has 0 aliphatic heterocycles. The molecule has 0 spiro atoms. The molecule has 0 radical (unpaired) electrons. The number of aryl methyl sites for hydroxylation is 1. The highest BCUT2D eigenvalue weighted by Gasteiger charge is 2.28. The number of nitrogens with zero attached hydrogens (tertiary/aromatic N) is 5. The standard InChI is InChI=1S/C14H18F3N7O/c1-18-13(21-7-11-22-9-23-24(11)2)20-6-10-3-4-19-12(5-10)25-8-14(15,16)17/h3-5,9H,6-8H2,1-2H3,(H2,18,20,21). The highest BCUT2D eigenvalue weighted by molar-refractivity contribution is 5.79. The first-order valence-electron chi connectivity index (χ1n) is 7.29. The molecule has 25 heavy (non-hydrogen) atoms. The molecule has 0 saturated carbocycles. The van der Waals surface area contributed by atoms with E-state index in [0.717, 1.165) is 5.82 Å². The Morgan fingerprint density at radius 3 is 2.68 bits per heavy atom. The molecule has 0 amide bonds. The van der Waals surface area contributed by atoms with Crippen LogP contribution in [-0.4, -0.2) is 45.5 Å². The van der Waals surface area contributed by atoms with E-state index in [1.54, 1.807) is 24.8 Å². The maximum absolute atomic E-state index is 12.2. The number of alkyl halides is 3. The van der Waals surface area contributed by atoms with Crippen molar-refractivity contribution in [1.29, 1.82) is 0 Å². The molecule has 2 heterocycles. The van der Waals surface area contributed by atoms with Crippen molar-refractivity contribution in [1.82, 2.24) is 30.4 Å². The van der Waals surface area contributed by atoms with E-state index in [-0.39, 0.29) is 5.88 Å². The fourth-order valence-electron chi connectivity index (χ4n) is 1.84. The Morgan fingerprint density at radius 1 is 1.28 bits per heavy atom. The van der Waals surface area contributed by atoms with E-state index in [0.29, 0.717) is 24.6 Å². The molecule has 8 nitrogen and oxygen atoms in total. The molecule has 0 fully saturated rings. The van der Waals surface area contributed by atoms with Crippen LogP contribution < -0.4 is 15.4 Å². The summed E-state index contributed by atoms with van der Waals surface area (Å²) in [6.45, 7) is -0.617. The molecule has 0 aromatic carbocycles. The molecular weight excluding hydrogens is 339 g/mol. The van der Waals surface area contributed by atoms with Crippen LogP contribution in [0.1, 0.15) is 11.4 Å². The average Bonchev–Trinajstić information content (AvgIpc) is 2.98. The summed E-state index contributed by atoms with van der Waals surface area (Å²) in [4.78, 5) is 11.9. The van der Waals surface area contributed by atoms with Gasteiger partial charge in [0, 0.05) is 32.9 Å². The van der Waals surface area contributed by atoms with Crippen LogP contribution in [0.2, 0.25) is 0 Å². The lowest BCUT2D eigenvalue weighted by Crippen LogP contribution is -2.37. The minimum atomic E-state index is -4.40. The fourth-order valence-corrected chi connectivity index (χ4v) is 1.84. The van der Waals surface area contributed by atoms with Gasteiger partial charge in [0.2, 0.25) is 5.88 Å². The van der Waals surface area contributed by atoms with Crippen LogP contribution in [-0.2, 0) is 20.1 Å². The van der Waals surface area contributed by atoms with Gasteiger partial charge in [-0.15, -0.1) is 0 Å². The smallest absolute Gasteiger partial charge is 0.422 e. The van der Waals surface area contributed by atoms with Gasteiger partial charge < -0.3 is 15.4 Å². The van der Waals surface area contributed by atoms with Crippen molar-refractivity contribution >= 4 is 5.96 Å². The Kier molecular flexibility index (Phi) is 6.14. The van der Waals surface area contributed by atoms with Gasteiger partial charge in [0.05, 0.1) is 6.54 Å². The Bertz CT molecular complexity index is 714. The van der Waals surface area contributed by atoms with Gasteiger partial charge in [0.15, 0.2) is 12.6 Å². The van der Waals surface area contributed by atoms with Gasteiger partial charge in [0.1, 0.15) is 12.2 Å². The molecule has 0 atom stereocenters. The first kappa shape index (κ1) is 18.5. The van der Waals surface area contributed by atoms with E-state index in [1.165, 1.54) is 18.6 Å². The predicted octanol–water partition coefficient (Wildman–Crippen LogP) is 1.02. The topological polar surface area (TPSA) is 89.2 Å². The fraction of sp³-hybridized carbons (Fsp3) is 0.429. The minimum Gasteiger partial charge on any atom is -0.468 e. The van der Waals surface area contributed by atoms with Crippen molar-refractivity contribution in [2.24, 2.45) is 12.0 Å². The molecule has 0 aliphatic carbocycles. The molecule has 0 aliphatic rings. The second-order valence-corrected chi connectivity index (χ2v) is 4.99. The molecular formula is C14H18F3N7O. The number of ether oxygens (including phenoxy) is 1. The lowest BCUT2D eigenvalue weighted by atomic mass is 10.2. The summed E-state index contributed by atoms with van der Waals surface area (Å²) in [7, 11) is 3.38. The van der Waals surface area contributed by atoms with Crippen LogP contribution in [0.3, 0.4) is 0 Å². The van der Waals surface area contributed by atoms with Gasteiger partial charge in [0.25, 0.3) is 0 Å². The first-order valence-corrected chi connectivity index (χ1v) is 7.29. The minimum absolute atomic E-state index is 0.0846. The Labute approximate surface area is 142 Å². The molecule has 0 bridgehead atoms. The zero-order valence-electron chi connectivity index (χ0n) is 13.7. The van der Waals surface area contributed by atoms with Gasteiger partial charge in [-0.1, -0.05) is 0 Å². The zero-order valence-corrected chi connectivity index (χ0v) is 13.7. The van der Waals surface area contributed by atoms with Crippen molar-refractivity contribution in [2.75, 3.05) is 13.7 Å². The number of guanidine groups is 1. The second-order valence-electron chi connectivity index (χ2n) is 4.99. The largest absolute Gasteiger partial charge is 0.468 e. The van der Waals surface area contributed by atoms with E-state index in [4.69, 9.17) is 0 Å². The summed E-state index contributed by atoms with van der Waals surface area (Å²) < 4.78 is 42.8. The number of aliphatic imine (C=N–C) groups is 1. The normalized spacial score (nSPS) is 12.1. The number of aromatic nitrogens is 4. The summed E-state index contributed by atoms with van der Waals surface area (Å²) in [5, 5.41) is 10.1. The highest BCUT2D eigenvalue weighted by Crippen LogP contribution is 2.17. The van der Waals surface area contributed by atoms with Gasteiger partial charge in [-0.25, -0.2) is 9.97 Å². The third kappa shape index (κ3) is 6.28. The molecule has 2 N–H and O–H groups in total. The van der Waals surface area contributed by atoms with Gasteiger partial charge in [-0.05, 0) is 11.6 Å². The molecule has 136 valence electrons. The lowest BCUT2D eigenvalue weighted by molar-refractivity contribution is -0.154. The Balaban J connectivity index is 1.85. The van der Waals surface area contributed by atoms with Crippen LogP contribution in [0.15, 0.2) is 29.6 Å². The summed E-state index contributed by atoms with van der Waals surface area (Å²) in [6, 6.07) is 3.11. The van der Waals surface area contributed by atoms with Crippen LogP contribution in [0.5, 0.6) is 5.88 Å². The molecule has 0 unspecified atom stereocenters. The van der Waals surface area contributed by atoms with E-state index >= 15 is 0 Å². The van der Waals surface area contributed by atoms with E-state index < -0.39 is 12.8 Å². The Hall–Kier alpha value is -2.85. The predicted molar refractivity (Wildman–Crippen MR) is 83.8 cm³/mol. The third-order valence-corrected chi connectivity index (χ3v) is 3.09. The number of hydrogen-bond acceptors (Lipinski definition) is 5. The summed E-state index contributed by atoms with van der Waals surface area (Å²) in [5.41, 5.74) is 0.703. The van der Waals surface area contributed by atoms with Gasteiger partial charge in [-0.2, -0.15) is 18.3 Å². The summed E-state index contributed by atoms with van der Waals surface area (Å²) >= 11 is 0. The second kappa shape index (κ2) is 8.31. The highest BCUT2D eigenvalue weighted by atomic mass is 19.4. The first-order chi connectivity index (χ1) is 11.9. The number of nitrogens with one attached hydrogen (secondary N) is 2. The van der Waals surface area contributed by atoms with Gasteiger partial charge >= 0.3 is 6.18 Å². The monoisotopic (exact) mass is 357 g/mol. The molecule has 2 aromatic heterocycles. The van der Waals surface area contributed by atoms with E-state index in [2.05, 4.69) is 35.4 Å². The SMILES string of the molecule is CN=C(NCc1ccnc(OCC(F)(F)F)c1)NCc1ncnn1C. The number of rotatable bonds is 6. The third-order valence-electron chi connectivity index (χ3n) is 3.09. The van der Waals surface area contributed by atoms with Gasteiger partial charge in [-0.3, -0.25) is 9.67 Å². The maximum atomic E-state index is 12.2. The van der Waals surface area contributed by atoms with Crippen molar-refractivity contribution in [3.63, 3.8) is 0 Å². The molecule has 11 heteroatoms. The van der Waals surface area contributed by atoms with E-state index in [1.807, 2.05) is 0 Å². The van der Waals surface area contributed by atoms with Crippen LogP contribution in [0.25, 0.3) is 0 Å². The van der Waals surface area contributed by atoms with Crippen LogP contribution in [0.4, 0.5) is 13.2 Å². The lowest BCUT2D eigenvalue weighted by Gasteiger charge is -2.12.